The largest absolute Gasteiger partial charge is 0.469 e. The van der Waals surface area contributed by atoms with Crippen LogP contribution in [0.25, 0.3) is 0 Å². The molecule has 1 aromatic rings. The van der Waals surface area contributed by atoms with Crippen molar-refractivity contribution in [2.45, 2.75) is 32.6 Å². The number of likely N-dealkylation sites (tertiary alicyclic amines) is 1. The number of carbonyl (C=O) groups is 2. The lowest BCUT2D eigenvalue weighted by Crippen LogP contribution is -2.42. The van der Waals surface area contributed by atoms with Gasteiger partial charge in [0, 0.05) is 19.5 Å². The van der Waals surface area contributed by atoms with Gasteiger partial charge in [0.2, 0.25) is 5.91 Å². The third-order valence-corrected chi connectivity index (χ3v) is 4.18. The Balaban J connectivity index is 1.88. The van der Waals surface area contributed by atoms with E-state index in [1.165, 1.54) is 18.2 Å². The van der Waals surface area contributed by atoms with Crippen LogP contribution in [-0.2, 0) is 20.7 Å². The smallest absolute Gasteiger partial charge is 0.310 e. The number of carbonyl (C=O) groups excluding carboxylic acids is 2. The molecule has 0 aliphatic carbocycles. The highest BCUT2D eigenvalue weighted by molar-refractivity contribution is 5.78. The van der Waals surface area contributed by atoms with E-state index in [-0.39, 0.29) is 17.8 Å². The van der Waals surface area contributed by atoms with Crippen molar-refractivity contribution in [2.75, 3.05) is 20.2 Å². The van der Waals surface area contributed by atoms with Gasteiger partial charge in [-0.1, -0.05) is 24.3 Å². The Morgan fingerprint density at radius 1 is 1.33 bits per heavy atom. The number of benzene rings is 1. The third kappa shape index (κ3) is 4.06. The molecule has 0 saturated carbocycles. The van der Waals surface area contributed by atoms with Crippen LogP contribution < -0.4 is 0 Å². The quantitative estimate of drug-likeness (QED) is 0.799. The van der Waals surface area contributed by atoms with Gasteiger partial charge in [0.1, 0.15) is 0 Å². The Kier molecular flexibility index (Phi) is 5.37. The summed E-state index contributed by atoms with van der Waals surface area (Å²) >= 11 is 0. The van der Waals surface area contributed by atoms with E-state index >= 15 is 0 Å². The fourth-order valence-electron chi connectivity index (χ4n) is 2.85. The fourth-order valence-corrected chi connectivity index (χ4v) is 2.85. The maximum absolute atomic E-state index is 12.3. The summed E-state index contributed by atoms with van der Waals surface area (Å²) in [5.41, 5.74) is 2.43. The average Bonchev–Trinajstić information content (AvgIpc) is 2.53. The Labute approximate surface area is 126 Å². The predicted molar refractivity (Wildman–Crippen MR) is 80.8 cm³/mol. The molecule has 0 spiro atoms. The molecule has 0 aromatic heterocycles. The summed E-state index contributed by atoms with van der Waals surface area (Å²) in [6.07, 6.45) is 2.94. The van der Waals surface area contributed by atoms with Crippen LogP contribution in [0.4, 0.5) is 0 Å². The molecular weight excluding hydrogens is 266 g/mol. The Morgan fingerprint density at radius 2 is 2.10 bits per heavy atom. The first-order valence-electron chi connectivity index (χ1n) is 7.52. The van der Waals surface area contributed by atoms with E-state index in [1.54, 1.807) is 0 Å². The molecule has 0 bridgehead atoms. The molecule has 1 unspecified atom stereocenters. The van der Waals surface area contributed by atoms with Gasteiger partial charge < -0.3 is 9.64 Å². The van der Waals surface area contributed by atoms with Crippen molar-refractivity contribution in [2.24, 2.45) is 5.92 Å². The standard InChI is InChI=1S/C17H23NO3/c1-13-6-3-4-7-14(13)9-10-16(19)18-11-5-8-15(12-18)17(20)21-2/h3-4,6-7,15H,5,8-12H2,1-2H3. The molecule has 1 fully saturated rings. The Morgan fingerprint density at radius 3 is 2.81 bits per heavy atom. The van der Waals surface area contributed by atoms with Crippen molar-refractivity contribution >= 4 is 11.9 Å². The molecular formula is C17H23NO3. The molecule has 0 radical (unpaired) electrons. The van der Waals surface area contributed by atoms with Crippen LogP contribution in [0.3, 0.4) is 0 Å². The number of hydrogen-bond acceptors (Lipinski definition) is 3. The van der Waals surface area contributed by atoms with Crippen LogP contribution in [0.1, 0.15) is 30.4 Å². The van der Waals surface area contributed by atoms with Crippen molar-refractivity contribution in [3.8, 4) is 0 Å². The molecule has 1 saturated heterocycles. The van der Waals surface area contributed by atoms with Gasteiger partial charge in [-0.15, -0.1) is 0 Å². The molecule has 1 heterocycles. The lowest BCUT2D eigenvalue weighted by molar-refractivity contribution is -0.149. The van der Waals surface area contributed by atoms with E-state index in [1.807, 2.05) is 17.0 Å². The number of amides is 1. The number of piperidine rings is 1. The molecule has 21 heavy (non-hydrogen) atoms. The Bertz CT molecular complexity index is 513. The topological polar surface area (TPSA) is 46.6 Å². The van der Waals surface area contributed by atoms with Gasteiger partial charge in [-0.3, -0.25) is 9.59 Å². The van der Waals surface area contributed by atoms with E-state index in [0.29, 0.717) is 13.0 Å². The lowest BCUT2D eigenvalue weighted by atomic mass is 9.97. The van der Waals surface area contributed by atoms with E-state index in [0.717, 1.165) is 25.8 Å². The summed E-state index contributed by atoms with van der Waals surface area (Å²) in [5, 5.41) is 0. The average molecular weight is 289 g/mol. The van der Waals surface area contributed by atoms with Gasteiger partial charge in [0.15, 0.2) is 0 Å². The minimum Gasteiger partial charge on any atom is -0.469 e. The highest BCUT2D eigenvalue weighted by atomic mass is 16.5. The van der Waals surface area contributed by atoms with Crippen molar-refractivity contribution < 1.29 is 14.3 Å². The number of methoxy groups -OCH3 is 1. The van der Waals surface area contributed by atoms with Crippen molar-refractivity contribution in [1.82, 2.24) is 4.90 Å². The van der Waals surface area contributed by atoms with Gasteiger partial charge in [-0.05, 0) is 37.3 Å². The van der Waals surface area contributed by atoms with Crippen molar-refractivity contribution in [3.05, 3.63) is 35.4 Å². The Hall–Kier alpha value is -1.84. The number of hydrogen-bond donors (Lipinski definition) is 0. The summed E-state index contributed by atoms with van der Waals surface area (Å²) in [5.74, 6) is -0.232. The second kappa shape index (κ2) is 7.25. The van der Waals surface area contributed by atoms with Crippen LogP contribution in [0, 0.1) is 12.8 Å². The molecule has 1 amide bonds. The zero-order chi connectivity index (χ0) is 15.2. The molecule has 1 atom stereocenters. The van der Waals surface area contributed by atoms with Crippen LogP contribution in [-0.4, -0.2) is 37.0 Å². The SMILES string of the molecule is COC(=O)C1CCCN(C(=O)CCc2ccccc2C)C1. The molecule has 0 N–H and O–H groups in total. The molecule has 1 aliphatic rings. The zero-order valence-electron chi connectivity index (χ0n) is 12.8. The second-order valence-corrected chi connectivity index (χ2v) is 5.63. The molecule has 2 rings (SSSR count). The van der Waals surface area contributed by atoms with Gasteiger partial charge in [0.05, 0.1) is 13.0 Å². The number of nitrogens with zero attached hydrogens (tertiary/aromatic N) is 1. The molecule has 1 aromatic carbocycles. The van der Waals surface area contributed by atoms with Crippen LogP contribution >= 0.6 is 0 Å². The van der Waals surface area contributed by atoms with Crippen molar-refractivity contribution in [3.63, 3.8) is 0 Å². The molecule has 4 nitrogen and oxygen atoms in total. The van der Waals surface area contributed by atoms with Gasteiger partial charge >= 0.3 is 5.97 Å². The first-order chi connectivity index (χ1) is 10.1. The van der Waals surface area contributed by atoms with E-state index in [9.17, 15) is 9.59 Å². The first-order valence-corrected chi connectivity index (χ1v) is 7.52. The summed E-state index contributed by atoms with van der Waals surface area (Å²) in [4.78, 5) is 25.7. The summed E-state index contributed by atoms with van der Waals surface area (Å²) in [6, 6.07) is 8.14. The van der Waals surface area contributed by atoms with E-state index < -0.39 is 0 Å². The highest BCUT2D eigenvalue weighted by Gasteiger charge is 2.28. The number of rotatable bonds is 4. The lowest BCUT2D eigenvalue weighted by Gasteiger charge is -2.31. The minimum absolute atomic E-state index is 0.131. The summed E-state index contributed by atoms with van der Waals surface area (Å²) < 4.78 is 4.79. The zero-order valence-corrected chi connectivity index (χ0v) is 12.8. The van der Waals surface area contributed by atoms with Crippen LogP contribution in [0.15, 0.2) is 24.3 Å². The fraction of sp³-hybridized carbons (Fsp3) is 0.529. The van der Waals surface area contributed by atoms with Gasteiger partial charge in [0.25, 0.3) is 0 Å². The van der Waals surface area contributed by atoms with E-state index in [4.69, 9.17) is 4.74 Å². The minimum atomic E-state index is -0.202. The third-order valence-electron chi connectivity index (χ3n) is 4.18. The summed E-state index contributed by atoms with van der Waals surface area (Å²) in [6.45, 7) is 3.31. The molecule has 1 aliphatic heterocycles. The van der Waals surface area contributed by atoms with Gasteiger partial charge in [-0.25, -0.2) is 0 Å². The number of aryl methyl sites for hydroxylation is 2. The van der Waals surface area contributed by atoms with Crippen LogP contribution in [0.2, 0.25) is 0 Å². The highest BCUT2D eigenvalue weighted by Crippen LogP contribution is 2.19. The predicted octanol–water partition coefficient (Wildman–Crippen LogP) is 2.34. The number of esters is 1. The molecule has 114 valence electrons. The normalized spacial score (nSPS) is 18.4. The van der Waals surface area contributed by atoms with Crippen LogP contribution in [0.5, 0.6) is 0 Å². The summed E-state index contributed by atoms with van der Waals surface area (Å²) in [7, 11) is 1.40. The van der Waals surface area contributed by atoms with E-state index in [2.05, 4.69) is 19.1 Å². The maximum Gasteiger partial charge on any atom is 0.310 e. The number of ether oxygens (including phenoxy) is 1. The van der Waals surface area contributed by atoms with Crippen molar-refractivity contribution in [1.29, 1.82) is 0 Å². The maximum atomic E-state index is 12.3. The monoisotopic (exact) mass is 289 g/mol. The second-order valence-electron chi connectivity index (χ2n) is 5.63. The first kappa shape index (κ1) is 15.5. The molecule has 4 heteroatoms. The van der Waals surface area contributed by atoms with Gasteiger partial charge in [-0.2, -0.15) is 0 Å².